The molecule has 16 heavy (non-hydrogen) atoms. The molecule has 3 nitrogen and oxygen atoms in total. The Morgan fingerprint density at radius 2 is 1.88 bits per heavy atom. The van der Waals surface area contributed by atoms with Crippen LogP contribution in [0.5, 0.6) is 0 Å². The Morgan fingerprint density at radius 3 is 2.50 bits per heavy atom. The quantitative estimate of drug-likeness (QED) is 0.802. The zero-order valence-electron chi connectivity index (χ0n) is 9.70. The fourth-order valence-corrected chi connectivity index (χ4v) is 1.91. The van der Waals surface area contributed by atoms with E-state index in [1.165, 1.54) is 5.56 Å². The fourth-order valence-electron chi connectivity index (χ4n) is 1.91. The van der Waals surface area contributed by atoms with Gasteiger partial charge < -0.3 is 10.2 Å². The Balaban J connectivity index is 1.93. The molecule has 1 heterocycles. The molecule has 0 unspecified atom stereocenters. The van der Waals surface area contributed by atoms with Gasteiger partial charge in [-0.25, -0.2) is 0 Å². The first kappa shape index (κ1) is 11.1. The van der Waals surface area contributed by atoms with Crippen LogP contribution < -0.4 is 5.32 Å². The van der Waals surface area contributed by atoms with Crippen molar-refractivity contribution in [3.05, 3.63) is 35.4 Å². The van der Waals surface area contributed by atoms with Gasteiger partial charge in [-0.2, -0.15) is 0 Å². The SMILES string of the molecule is Cc1ccc(CC(=O)N2CCNCC2)cc1. The molecule has 1 amide bonds. The topological polar surface area (TPSA) is 32.3 Å². The zero-order valence-corrected chi connectivity index (χ0v) is 9.70. The van der Waals surface area contributed by atoms with Gasteiger partial charge in [0.15, 0.2) is 0 Å². The minimum atomic E-state index is 0.241. The second-order valence-corrected chi connectivity index (χ2v) is 4.29. The van der Waals surface area contributed by atoms with Crippen LogP contribution in [0.4, 0.5) is 0 Å². The Kier molecular flexibility index (Phi) is 3.57. The van der Waals surface area contributed by atoms with E-state index in [-0.39, 0.29) is 5.91 Å². The van der Waals surface area contributed by atoms with Crippen molar-refractivity contribution in [2.75, 3.05) is 26.2 Å². The molecule has 1 N–H and O–H groups in total. The number of carbonyl (C=O) groups is 1. The van der Waals surface area contributed by atoms with Crippen LogP contribution in [0, 0.1) is 6.92 Å². The summed E-state index contributed by atoms with van der Waals surface area (Å²) < 4.78 is 0. The summed E-state index contributed by atoms with van der Waals surface area (Å²) >= 11 is 0. The summed E-state index contributed by atoms with van der Waals surface area (Å²) in [6.07, 6.45) is 0.528. The number of rotatable bonds is 2. The molecule has 0 saturated carbocycles. The standard InChI is InChI=1S/C13H18N2O/c1-11-2-4-12(5-3-11)10-13(16)15-8-6-14-7-9-15/h2-5,14H,6-10H2,1H3. The van der Waals surface area contributed by atoms with Crippen LogP contribution in [0.25, 0.3) is 0 Å². The molecule has 1 aliphatic heterocycles. The van der Waals surface area contributed by atoms with Gasteiger partial charge in [-0.1, -0.05) is 29.8 Å². The maximum absolute atomic E-state index is 12.0. The molecule has 0 atom stereocenters. The second kappa shape index (κ2) is 5.12. The van der Waals surface area contributed by atoms with Crippen molar-refractivity contribution in [3.8, 4) is 0 Å². The first-order valence-corrected chi connectivity index (χ1v) is 5.80. The van der Waals surface area contributed by atoms with Crippen LogP contribution in [0.2, 0.25) is 0 Å². The lowest BCUT2D eigenvalue weighted by atomic mass is 10.1. The lowest BCUT2D eigenvalue weighted by Crippen LogP contribution is -2.46. The molecular formula is C13H18N2O. The molecule has 1 aliphatic rings. The summed E-state index contributed by atoms with van der Waals surface area (Å²) in [5.41, 5.74) is 2.34. The normalized spacial score (nSPS) is 16.2. The molecule has 1 aromatic rings. The highest BCUT2D eigenvalue weighted by molar-refractivity contribution is 5.78. The molecule has 1 fully saturated rings. The molecular weight excluding hydrogens is 200 g/mol. The largest absolute Gasteiger partial charge is 0.340 e. The highest BCUT2D eigenvalue weighted by atomic mass is 16.2. The van der Waals surface area contributed by atoms with Gasteiger partial charge in [-0.3, -0.25) is 4.79 Å². The first-order chi connectivity index (χ1) is 7.75. The predicted octanol–water partition coefficient (Wildman–Crippen LogP) is 0.969. The number of aryl methyl sites for hydroxylation is 1. The van der Waals surface area contributed by atoms with E-state index >= 15 is 0 Å². The Morgan fingerprint density at radius 1 is 1.25 bits per heavy atom. The van der Waals surface area contributed by atoms with Crippen LogP contribution in [0.3, 0.4) is 0 Å². The number of nitrogens with zero attached hydrogens (tertiary/aromatic N) is 1. The van der Waals surface area contributed by atoms with Gasteiger partial charge in [0.05, 0.1) is 6.42 Å². The van der Waals surface area contributed by atoms with Gasteiger partial charge >= 0.3 is 0 Å². The number of piperazine rings is 1. The number of nitrogens with one attached hydrogen (secondary N) is 1. The molecule has 86 valence electrons. The first-order valence-electron chi connectivity index (χ1n) is 5.80. The van der Waals surface area contributed by atoms with Gasteiger partial charge in [-0.15, -0.1) is 0 Å². The highest BCUT2D eigenvalue weighted by Crippen LogP contribution is 2.06. The molecule has 0 aromatic heterocycles. The van der Waals surface area contributed by atoms with Crippen molar-refractivity contribution in [2.45, 2.75) is 13.3 Å². The second-order valence-electron chi connectivity index (χ2n) is 4.29. The third-order valence-electron chi connectivity index (χ3n) is 2.95. The average molecular weight is 218 g/mol. The molecule has 0 bridgehead atoms. The Hall–Kier alpha value is -1.35. The Labute approximate surface area is 96.5 Å². The van der Waals surface area contributed by atoms with Crippen molar-refractivity contribution in [3.63, 3.8) is 0 Å². The van der Waals surface area contributed by atoms with Crippen LogP contribution in [0.15, 0.2) is 24.3 Å². The average Bonchev–Trinajstić information content (AvgIpc) is 2.33. The van der Waals surface area contributed by atoms with Gasteiger partial charge in [0, 0.05) is 26.2 Å². The molecule has 0 radical (unpaired) electrons. The monoisotopic (exact) mass is 218 g/mol. The zero-order chi connectivity index (χ0) is 11.4. The number of carbonyl (C=O) groups excluding carboxylic acids is 1. The summed E-state index contributed by atoms with van der Waals surface area (Å²) in [4.78, 5) is 13.9. The maximum Gasteiger partial charge on any atom is 0.227 e. The van der Waals surface area contributed by atoms with Crippen LogP contribution in [-0.2, 0) is 11.2 Å². The van der Waals surface area contributed by atoms with Crippen LogP contribution in [0.1, 0.15) is 11.1 Å². The number of hydrogen-bond acceptors (Lipinski definition) is 2. The molecule has 3 heteroatoms. The maximum atomic E-state index is 12.0. The van der Waals surface area contributed by atoms with Crippen molar-refractivity contribution in [1.82, 2.24) is 10.2 Å². The van der Waals surface area contributed by atoms with E-state index in [0.717, 1.165) is 31.7 Å². The predicted molar refractivity (Wildman–Crippen MR) is 64.3 cm³/mol. The molecule has 0 aliphatic carbocycles. The van der Waals surface area contributed by atoms with Gasteiger partial charge in [0.1, 0.15) is 0 Å². The van der Waals surface area contributed by atoms with Gasteiger partial charge in [0.2, 0.25) is 5.91 Å². The van der Waals surface area contributed by atoms with Gasteiger partial charge in [-0.05, 0) is 12.5 Å². The lowest BCUT2D eigenvalue weighted by Gasteiger charge is -2.27. The number of hydrogen-bond donors (Lipinski definition) is 1. The van der Waals surface area contributed by atoms with Crippen molar-refractivity contribution >= 4 is 5.91 Å². The van der Waals surface area contributed by atoms with Crippen LogP contribution >= 0.6 is 0 Å². The summed E-state index contributed by atoms with van der Waals surface area (Å²) in [7, 11) is 0. The third kappa shape index (κ3) is 2.83. The summed E-state index contributed by atoms with van der Waals surface area (Å²) in [6, 6.07) is 8.19. The van der Waals surface area contributed by atoms with Crippen molar-refractivity contribution in [2.24, 2.45) is 0 Å². The van der Waals surface area contributed by atoms with Crippen molar-refractivity contribution in [1.29, 1.82) is 0 Å². The van der Waals surface area contributed by atoms with Crippen LogP contribution in [-0.4, -0.2) is 37.0 Å². The highest BCUT2D eigenvalue weighted by Gasteiger charge is 2.15. The fraction of sp³-hybridized carbons (Fsp3) is 0.462. The molecule has 1 aromatic carbocycles. The van der Waals surface area contributed by atoms with E-state index in [9.17, 15) is 4.79 Å². The number of benzene rings is 1. The minimum Gasteiger partial charge on any atom is -0.340 e. The van der Waals surface area contributed by atoms with E-state index in [4.69, 9.17) is 0 Å². The van der Waals surface area contributed by atoms with Gasteiger partial charge in [0.25, 0.3) is 0 Å². The summed E-state index contributed by atoms with van der Waals surface area (Å²) in [5, 5.41) is 3.25. The molecule has 1 saturated heterocycles. The van der Waals surface area contributed by atoms with E-state index < -0.39 is 0 Å². The summed E-state index contributed by atoms with van der Waals surface area (Å²) in [6.45, 7) is 5.57. The van der Waals surface area contributed by atoms with Crippen molar-refractivity contribution < 1.29 is 4.79 Å². The minimum absolute atomic E-state index is 0.241. The van der Waals surface area contributed by atoms with E-state index in [1.54, 1.807) is 0 Å². The van der Waals surface area contributed by atoms with E-state index in [0.29, 0.717) is 6.42 Å². The molecule has 0 spiro atoms. The summed E-state index contributed by atoms with van der Waals surface area (Å²) in [5.74, 6) is 0.241. The molecule has 2 rings (SSSR count). The Bertz CT molecular complexity index is 353. The smallest absolute Gasteiger partial charge is 0.227 e. The third-order valence-corrected chi connectivity index (χ3v) is 2.95. The van der Waals surface area contributed by atoms with E-state index in [2.05, 4.69) is 24.4 Å². The number of amides is 1. The van der Waals surface area contributed by atoms with E-state index in [1.807, 2.05) is 17.0 Å². The lowest BCUT2D eigenvalue weighted by molar-refractivity contribution is -0.131.